The summed E-state index contributed by atoms with van der Waals surface area (Å²) < 4.78 is 11.2. The number of fused-ring (bicyclic) bond motifs is 3. The van der Waals surface area contributed by atoms with Crippen LogP contribution >= 0.6 is 0 Å². The van der Waals surface area contributed by atoms with Gasteiger partial charge in [0.15, 0.2) is 0 Å². The first-order valence-electron chi connectivity index (χ1n) is 8.73. The Labute approximate surface area is 160 Å². The topological polar surface area (TPSA) is 101 Å². The molecule has 8 nitrogen and oxygen atoms in total. The van der Waals surface area contributed by atoms with E-state index in [0.717, 1.165) is 21.3 Å². The van der Waals surface area contributed by atoms with E-state index in [1.807, 2.05) is 24.3 Å². The Bertz CT molecular complexity index is 1130. The maximum atomic E-state index is 12.5. The number of benzene rings is 2. The molecule has 1 aromatic heterocycles. The number of furan rings is 1. The zero-order valence-corrected chi connectivity index (χ0v) is 15.7. The van der Waals surface area contributed by atoms with Crippen LogP contribution in [0.3, 0.4) is 0 Å². The van der Waals surface area contributed by atoms with Crippen LogP contribution in [-0.2, 0) is 9.59 Å². The van der Waals surface area contributed by atoms with E-state index >= 15 is 0 Å². The third-order valence-electron chi connectivity index (χ3n) is 4.72. The summed E-state index contributed by atoms with van der Waals surface area (Å²) in [4.78, 5) is 37.6. The number of ether oxygens (including phenoxy) is 1. The second-order valence-electron chi connectivity index (χ2n) is 7.14. The van der Waals surface area contributed by atoms with Crippen LogP contribution in [0, 0.1) is 0 Å². The minimum absolute atomic E-state index is 0.393. The molecule has 1 aliphatic heterocycles. The number of nitrogens with one attached hydrogen (secondary N) is 2. The van der Waals surface area contributed by atoms with Crippen molar-refractivity contribution in [2.24, 2.45) is 0 Å². The van der Waals surface area contributed by atoms with Crippen LogP contribution in [0.2, 0.25) is 0 Å². The molecule has 28 heavy (non-hydrogen) atoms. The fourth-order valence-electron chi connectivity index (χ4n) is 3.31. The fraction of sp³-hybridized carbons (Fsp3) is 0.250. The summed E-state index contributed by atoms with van der Waals surface area (Å²) in [5.74, 6) is -0.521. The quantitative estimate of drug-likeness (QED) is 0.677. The number of hydrogen-bond donors (Lipinski definition) is 2. The Balaban J connectivity index is 1.62. The predicted octanol–water partition coefficient (Wildman–Crippen LogP) is 2.86. The number of methoxy groups -OCH3 is 1. The van der Waals surface area contributed by atoms with E-state index in [0.29, 0.717) is 17.0 Å². The zero-order valence-electron chi connectivity index (χ0n) is 15.7. The van der Waals surface area contributed by atoms with Crippen molar-refractivity contribution < 1.29 is 23.5 Å². The maximum Gasteiger partial charge on any atom is 0.325 e. The summed E-state index contributed by atoms with van der Waals surface area (Å²) in [6, 6.07) is 10.5. The Morgan fingerprint density at radius 3 is 2.61 bits per heavy atom. The Morgan fingerprint density at radius 2 is 1.93 bits per heavy atom. The number of rotatable bonds is 4. The molecule has 1 aliphatic rings. The number of hydrogen-bond acceptors (Lipinski definition) is 5. The standard InChI is InChI=1S/C20H19N3O5/c1-20(2)18(25)23(19(26)22-20)10-17(24)21-13-9-15-12(8-16(13)27-3)11-6-4-5-7-14(11)28-15/h4-9H,10H2,1-3H3,(H,21,24)(H,22,26). The van der Waals surface area contributed by atoms with Gasteiger partial charge in [-0.1, -0.05) is 18.2 Å². The first-order chi connectivity index (χ1) is 13.3. The highest BCUT2D eigenvalue weighted by atomic mass is 16.5. The third-order valence-corrected chi connectivity index (χ3v) is 4.72. The summed E-state index contributed by atoms with van der Waals surface area (Å²) in [7, 11) is 1.50. The second kappa shape index (κ2) is 6.26. The maximum absolute atomic E-state index is 12.5. The van der Waals surface area contributed by atoms with Gasteiger partial charge in [0.25, 0.3) is 5.91 Å². The van der Waals surface area contributed by atoms with Crippen molar-refractivity contribution in [3.63, 3.8) is 0 Å². The van der Waals surface area contributed by atoms with Gasteiger partial charge in [-0.25, -0.2) is 4.79 Å². The lowest BCUT2D eigenvalue weighted by Crippen LogP contribution is -2.41. The van der Waals surface area contributed by atoms with E-state index in [2.05, 4.69) is 10.6 Å². The van der Waals surface area contributed by atoms with Gasteiger partial charge in [0.1, 0.15) is 29.0 Å². The van der Waals surface area contributed by atoms with Crippen molar-refractivity contribution in [3.05, 3.63) is 36.4 Å². The number of urea groups is 1. The van der Waals surface area contributed by atoms with Crippen molar-refractivity contribution in [2.75, 3.05) is 19.0 Å². The van der Waals surface area contributed by atoms with E-state index in [4.69, 9.17) is 9.15 Å². The van der Waals surface area contributed by atoms with Crippen LogP contribution in [0.25, 0.3) is 21.9 Å². The Hall–Kier alpha value is -3.55. The molecule has 0 spiro atoms. The molecule has 144 valence electrons. The number of anilines is 1. The van der Waals surface area contributed by atoms with Gasteiger partial charge >= 0.3 is 6.03 Å². The van der Waals surface area contributed by atoms with Gasteiger partial charge in [0.2, 0.25) is 5.91 Å². The van der Waals surface area contributed by atoms with Crippen LogP contribution in [0.5, 0.6) is 5.75 Å². The van der Waals surface area contributed by atoms with E-state index in [-0.39, 0.29) is 0 Å². The molecule has 0 saturated carbocycles. The summed E-state index contributed by atoms with van der Waals surface area (Å²) in [5.41, 5.74) is 0.686. The zero-order chi connectivity index (χ0) is 20.1. The third kappa shape index (κ3) is 2.83. The predicted molar refractivity (Wildman–Crippen MR) is 103 cm³/mol. The lowest BCUT2D eigenvalue weighted by molar-refractivity contribution is -0.132. The van der Waals surface area contributed by atoms with Gasteiger partial charge in [-0.2, -0.15) is 0 Å². The first-order valence-corrected chi connectivity index (χ1v) is 8.73. The molecule has 0 unspecified atom stereocenters. The van der Waals surface area contributed by atoms with E-state index in [1.54, 1.807) is 26.0 Å². The van der Waals surface area contributed by atoms with Crippen molar-refractivity contribution >= 4 is 45.5 Å². The highest BCUT2D eigenvalue weighted by molar-refractivity contribution is 6.11. The van der Waals surface area contributed by atoms with Crippen LogP contribution in [0.15, 0.2) is 40.8 Å². The van der Waals surface area contributed by atoms with Gasteiger partial charge in [-0.15, -0.1) is 0 Å². The number of nitrogens with zero attached hydrogens (tertiary/aromatic N) is 1. The molecule has 2 N–H and O–H groups in total. The average Bonchev–Trinajstić information content (AvgIpc) is 3.10. The number of imide groups is 1. The molecular formula is C20H19N3O5. The SMILES string of the molecule is COc1cc2c(cc1NC(=O)CN1C(=O)NC(C)(C)C1=O)oc1ccccc12. The van der Waals surface area contributed by atoms with Crippen molar-refractivity contribution in [3.8, 4) is 5.75 Å². The Kier molecular flexibility index (Phi) is 3.99. The van der Waals surface area contributed by atoms with Crippen molar-refractivity contribution in [1.29, 1.82) is 0 Å². The summed E-state index contributed by atoms with van der Waals surface area (Å²) >= 11 is 0. The molecule has 0 atom stereocenters. The average molecular weight is 381 g/mol. The molecule has 1 saturated heterocycles. The molecule has 0 bridgehead atoms. The lowest BCUT2D eigenvalue weighted by Gasteiger charge is -2.16. The lowest BCUT2D eigenvalue weighted by atomic mass is 10.1. The smallest absolute Gasteiger partial charge is 0.325 e. The van der Waals surface area contributed by atoms with Gasteiger partial charge in [0, 0.05) is 16.8 Å². The minimum Gasteiger partial charge on any atom is -0.495 e. The largest absolute Gasteiger partial charge is 0.495 e. The Morgan fingerprint density at radius 1 is 1.18 bits per heavy atom. The highest BCUT2D eigenvalue weighted by Gasteiger charge is 2.44. The van der Waals surface area contributed by atoms with Crippen LogP contribution < -0.4 is 15.4 Å². The van der Waals surface area contributed by atoms with Gasteiger partial charge in [-0.05, 0) is 26.0 Å². The summed E-state index contributed by atoms with van der Waals surface area (Å²) in [5, 5.41) is 7.04. The molecule has 3 aromatic rings. The minimum atomic E-state index is -1.03. The highest BCUT2D eigenvalue weighted by Crippen LogP contribution is 2.36. The number of carbonyl (C=O) groups is 3. The first kappa shape index (κ1) is 17.8. The van der Waals surface area contributed by atoms with Gasteiger partial charge in [0.05, 0.1) is 12.8 Å². The number of amides is 4. The van der Waals surface area contributed by atoms with E-state index in [1.165, 1.54) is 7.11 Å². The molecule has 1 fully saturated rings. The fourth-order valence-corrected chi connectivity index (χ4v) is 3.31. The van der Waals surface area contributed by atoms with Crippen LogP contribution in [0.4, 0.5) is 10.5 Å². The van der Waals surface area contributed by atoms with Crippen LogP contribution in [0.1, 0.15) is 13.8 Å². The molecule has 4 rings (SSSR count). The van der Waals surface area contributed by atoms with Crippen LogP contribution in [-0.4, -0.2) is 41.9 Å². The van der Waals surface area contributed by atoms with E-state index < -0.39 is 29.9 Å². The molecular weight excluding hydrogens is 362 g/mol. The monoisotopic (exact) mass is 381 g/mol. The normalized spacial score (nSPS) is 15.9. The van der Waals surface area contributed by atoms with Gasteiger partial charge in [-0.3, -0.25) is 14.5 Å². The molecule has 2 heterocycles. The summed E-state index contributed by atoms with van der Waals surface area (Å²) in [6.45, 7) is 2.78. The number of para-hydroxylation sites is 1. The molecule has 0 aliphatic carbocycles. The molecule has 4 amide bonds. The molecule has 0 radical (unpaired) electrons. The van der Waals surface area contributed by atoms with Crippen molar-refractivity contribution in [1.82, 2.24) is 10.2 Å². The summed E-state index contributed by atoms with van der Waals surface area (Å²) in [6.07, 6.45) is 0. The molecule has 8 heteroatoms. The molecule has 2 aromatic carbocycles. The number of carbonyl (C=O) groups excluding carboxylic acids is 3. The van der Waals surface area contributed by atoms with E-state index in [9.17, 15) is 14.4 Å². The van der Waals surface area contributed by atoms with Gasteiger partial charge < -0.3 is 19.8 Å². The second-order valence-corrected chi connectivity index (χ2v) is 7.14. The van der Waals surface area contributed by atoms with Crippen molar-refractivity contribution in [2.45, 2.75) is 19.4 Å².